The Hall–Kier alpha value is -6.42. The Labute approximate surface area is 300 Å². The first-order valence-electron chi connectivity index (χ1n) is 17.3. The highest BCUT2D eigenvalue weighted by Gasteiger charge is 2.25. The molecule has 2 nitrogen and oxygen atoms in total. The van der Waals surface area contributed by atoms with Gasteiger partial charge in [0.15, 0.2) is 0 Å². The summed E-state index contributed by atoms with van der Waals surface area (Å²) in [7, 11) is 0. The van der Waals surface area contributed by atoms with Crippen LogP contribution >= 0.6 is 11.3 Å². The van der Waals surface area contributed by atoms with Crippen molar-refractivity contribution < 1.29 is 4.42 Å². The van der Waals surface area contributed by atoms with Gasteiger partial charge in [0, 0.05) is 53.4 Å². The third-order valence-electron chi connectivity index (χ3n) is 9.85. The molecule has 0 amide bonds. The smallest absolute Gasteiger partial charge is 0.135 e. The number of benzene rings is 8. The number of thiophene rings is 1. The van der Waals surface area contributed by atoms with Crippen molar-refractivity contribution in [2.45, 2.75) is 0 Å². The van der Waals surface area contributed by atoms with Crippen LogP contribution in [0.1, 0.15) is 0 Å². The Morgan fingerprint density at radius 1 is 0.353 bits per heavy atom. The summed E-state index contributed by atoms with van der Waals surface area (Å²) in [5.74, 6) is 0. The predicted molar refractivity (Wildman–Crippen MR) is 218 cm³/mol. The number of anilines is 3. The molecular weight excluding hydrogens is 639 g/mol. The zero-order chi connectivity index (χ0) is 33.7. The Morgan fingerprint density at radius 2 is 0.882 bits per heavy atom. The molecule has 0 bridgehead atoms. The highest BCUT2D eigenvalue weighted by Crippen LogP contribution is 2.50. The molecular formula is C48H31NOS. The topological polar surface area (TPSA) is 16.4 Å². The van der Waals surface area contributed by atoms with E-state index in [0.717, 1.165) is 61.3 Å². The van der Waals surface area contributed by atoms with Crippen LogP contribution in [0.3, 0.4) is 0 Å². The van der Waals surface area contributed by atoms with E-state index < -0.39 is 0 Å². The second kappa shape index (κ2) is 12.2. The molecule has 0 aliphatic rings. The largest absolute Gasteiger partial charge is 0.456 e. The molecule has 51 heavy (non-hydrogen) atoms. The van der Waals surface area contributed by atoms with Gasteiger partial charge >= 0.3 is 0 Å². The summed E-state index contributed by atoms with van der Waals surface area (Å²) in [5, 5.41) is 4.78. The van der Waals surface area contributed by atoms with Gasteiger partial charge in [-0.1, -0.05) is 133 Å². The van der Waals surface area contributed by atoms with E-state index in [9.17, 15) is 0 Å². The van der Waals surface area contributed by atoms with E-state index in [2.05, 4.69) is 181 Å². The Bertz CT molecular complexity index is 2790. The minimum atomic E-state index is 0.880. The number of hydrogen-bond donors (Lipinski definition) is 0. The summed E-state index contributed by atoms with van der Waals surface area (Å²) in [6.45, 7) is 0. The molecule has 240 valence electrons. The van der Waals surface area contributed by atoms with E-state index in [1.165, 1.54) is 31.3 Å². The van der Waals surface area contributed by atoms with E-state index in [1.54, 1.807) is 0 Å². The fourth-order valence-corrected chi connectivity index (χ4v) is 8.60. The van der Waals surface area contributed by atoms with E-state index in [1.807, 2.05) is 23.5 Å². The van der Waals surface area contributed by atoms with Gasteiger partial charge in [-0.25, -0.2) is 0 Å². The quantitative estimate of drug-likeness (QED) is 0.175. The minimum Gasteiger partial charge on any atom is -0.456 e. The monoisotopic (exact) mass is 669 g/mol. The second-order valence-corrected chi connectivity index (χ2v) is 14.0. The SMILES string of the molecule is c1ccc(-c2cc(-c3ccccc3)c(N(c3ccc4c(c3)sc3ccccc34)c3ccc4oc5ccccc5c4c3)c(-c3ccccc3)c2)cc1. The van der Waals surface area contributed by atoms with Crippen LogP contribution in [0.5, 0.6) is 0 Å². The predicted octanol–water partition coefficient (Wildman–Crippen LogP) is 14.4. The lowest BCUT2D eigenvalue weighted by molar-refractivity contribution is 0.669. The lowest BCUT2D eigenvalue weighted by Crippen LogP contribution is -2.13. The number of para-hydroxylation sites is 1. The van der Waals surface area contributed by atoms with Crippen LogP contribution in [0.15, 0.2) is 192 Å². The molecule has 0 unspecified atom stereocenters. The van der Waals surface area contributed by atoms with Gasteiger partial charge in [0.1, 0.15) is 11.2 Å². The highest BCUT2D eigenvalue weighted by molar-refractivity contribution is 7.25. The van der Waals surface area contributed by atoms with Crippen LogP contribution in [-0.2, 0) is 0 Å². The zero-order valence-electron chi connectivity index (χ0n) is 27.7. The average Bonchev–Trinajstić information content (AvgIpc) is 3.77. The number of nitrogens with zero attached hydrogens (tertiary/aromatic N) is 1. The molecule has 0 aliphatic carbocycles. The first-order valence-corrected chi connectivity index (χ1v) is 18.1. The van der Waals surface area contributed by atoms with Crippen molar-refractivity contribution in [2.75, 3.05) is 4.90 Å². The van der Waals surface area contributed by atoms with E-state index in [-0.39, 0.29) is 0 Å². The van der Waals surface area contributed by atoms with Gasteiger partial charge in [-0.05, 0) is 76.9 Å². The molecule has 2 heterocycles. The molecule has 0 fully saturated rings. The third-order valence-corrected chi connectivity index (χ3v) is 11.0. The molecule has 0 spiro atoms. The molecule has 0 N–H and O–H groups in total. The van der Waals surface area contributed by atoms with Crippen LogP contribution in [0.25, 0.3) is 75.5 Å². The molecule has 0 atom stereocenters. The summed E-state index contributed by atoms with van der Waals surface area (Å²) < 4.78 is 8.88. The first-order chi connectivity index (χ1) is 25.3. The lowest BCUT2D eigenvalue weighted by atomic mass is 9.89. The van der Waals surface area contributed by atoms with Crippen LogP contribution in [0.2, 0.25) is 0 Å². The highest BCUT2D eigenvalue weighted by atomic mass is 32.1. The fourth-order valence-electron chi connectivity index (χ4n) is 7.46. The third kappa shape index (κ3) is 5.10. The van der Waals surface area contributed by atoms with E-state index in [4.69, 9.17) is 4.42 Å². The van der Waals surface area contributed by atoms with E-state index >= 15 is 0 Å². The Kier molecular flexibility index (Phi) is 7.04. The van der Waals surface area contributed by atoms with Gasteiger partial charge in [0.25, 0.3) is 0 Å². The number of furan rings is 1. The normalized spacial score (nSPS) is 11.5. The summed E-state index contributed by atoms with van der Waals surface area (Å²) in [4.78, 5) is 2.46. The van der Waals surface area contributed by atoms with Crippen LogP contribution in [0.4, 0.5) is 17.1 Å². The Balaban J connectivity index is 1.33. The summed E-state index contributed by atoms with van der Waals surface area (Å²) in [6, 6.07) is 67.6. The molecule has 3 heteroatoms. The Morgan fingerprint density at radius 3 is 1.59 bits per heavy atom. The van der Waals surface area contributed by atoms with Gasteiger partial charge in [0.05, 0.1) is 5.69 Å². The van der Waals surface area contributed by atoms with E-state index in [0.29, 0.717) is 0 Å². The summed E-state index contributed by atoms with van der Waals surface area (Å²) >= 11 is 1.85. The van der Waals surface area contributed by atoms with Crippen LogP contribution in [0, 0.1) is 0 Å². The molecule has 2 aromatic heterocycles. The molecule has 0 radical (unpaired) electrons. The van der Waals surface area contributed by atoms with Gasteiger partial charge in [0.2, 0.25) is 0 Å². The van der Waals surface area contributed by atoms with Crippen molar-refractivity contribution >= 4 is 70.5 Å². The van der Waals surface area contributed by atoms with Gasteiger partial charge in [-0.15, -0.1) is 11.3 Å². The van der Waals surface area contributed by atoms with Gasteiger partial charge < -0.3 is 9.32 Å². The average molecular weight is 670 g/mol. The maximum Gasteiger partial charge on any atom is 0.135 e. The van der Waals surface area contributed by atoms with Gasteiger partial charge in [-0.3, -0.25) is 0 Å². The maximum atomic E-state index is 6.32. The summed E-state index contributed by atoms with van der Waals surface area (Å²) in [6.07, 6.45) is 0. The molecule has 10 rings (SSSR count). The zero-order valence-corrected chi connectivity index (χ0v) is 28.5. The van der Waals surface area contributed by atoms with Crippen molar-refractivity contribution in [1.82, 2.24) is 0 Å². The fraction of sp³-hybridized carbons (Fsp3) is 0. The number of hydrogen-bond acceptors (Lipinski definition) is 3. The molecule has 8 aromatic carbocycles. The number of fused-ring (bicyclic) bond motifs is 6. The van der Waals surface area contributed by atoms with Crippen molar-refractivity contribution in [2.24, 2.45) is 0 Å². The minimum absolute atomic E-state index is 0.880. The lowest BCUT2D eigenvalue weighted by Gasteiger charge is -2.31. The summed E-state index contributed by atoms with van der Waals surface area (Å²) in [5.41, 5.74) is 12.1. The number of rotatable bonds is 6. The van der Waals surface area contributed by atoms with Gasteiger partial charge in [-0.2, -0.15) is 0 Å². The van der Waals surface area contributed by atoms with Crippen molar-refractivity contribution in [3.8, 4) is 33.4 Å². The molecule has 0 aliphatic heterocycles. The van der Waals surface area contributed by atoms with Crippen LogP contribution in [-0.4, -0.2) is 0 Å². The van der Waals surface area contributed by atoms with Crippen molar-refractivity contribution in [3.05, 3.63) is 188 Å². The van der Waals surface area contributed by atoms with Crippen molar-refractivity contribution in [3.63, 3.8) is 0 Å². The first kappa shape index (κ1) is 29.5. The second-order valence-electron chi connectivity index (χ2n) is 12.9. The molecule has 10 aromatic rings. The molecule has 0 saturated carbocycles. The molecule has 0 saturated heterocycles. The maximum absolute atomic E-state index is 6.32. The van der Waals surface area contributed by atoms with Crippen molar-refractivity contribution in [1.29, 1.82) is 0 Å². The standard InChI is InChI=1S/C48H31NOS/c1-4-14-32(15-5-1)35-28-41(33-16-6-2-7-17-33)48(42(29-35)34-18-8-3-9-19-34)49(36-25-27-45-43(30-36)38-20-10-12-22-44(38)50-45)37-24-26-40-39-21-11-13-23-46(39)51-47(40)31-37/h1-31H. The van der Waals surface area contributed by atoms with Crippen LogP contribution < -0.4 is 4.90 Å².